The van der Waals surface area contributed by atoms with E-state index < -0.39 is 12.0 Å². The molecule has 0 aromatic carbocycles. The number of carboxylic acid groups (broad SMARTS) is 1. The summed E-state index contributed by atoms with van der Waals surface area (Å²) in [5.41, 5.74) is -0.0955. The average molecular weight is 280 g/mol. The smallest absolute Gasteiger partial charge is 0.326 e. The molecule has 1 aliphatic heterocycles. The molecule has 0 spiro atoms. The fraction of sp³-hybridized carbons (Fsp3) is 0.867. The van der Waals surface area contributed by atoms with Gasteiger partial charge in [-0.3, -0.25) is 0 Å². The van der Waals surface area contributed by atoms with Gasteiger partial charge in [0.25, 0.3) is 0 Å². The van der Waals surface area contributed by atoms with Crippen molar-refractivity contribution in [3.63, 3.8) is 0 Å². The maximum Gasteiger partial charge on any atom is 0.326 e. The lowest BCUT2D eigenvalue weighted by Gasteiger charge is -2.47. The normalized spacial score (nSPS) is 35.0. The molecular weight excluding hydrogens is 256 g/mol. The Balaban J connectivity index is 1.79. The number of urea groups is 1. The van der Waals surface area contributed by atoms with Crippen LogP contribution in [0.3, 0.4) is 0 Å². The van der Waals surface area contributed by atoms with E-state index in [1.807, 2.05) is 6.92 Å². The van der Waals surface area contributed by atoms with Gasteiger partial charge in [0, 0.05) is 11.6 Å². The molecule has 3 unspecified atom stereocenters. The van der Waals surface area contributed by atoms with E-state index in [9.17, 15) is 14.7 Å². The summed E-state index contributed by atoms with van der Waals surface area (Å²) in [6.07, 6.45) is 7.96. The van der Waals surface area contributed by atoms with Crippen LogP contribution in [0.15, 0.2) is 0 Å². The number of carbonyl (C=O) groups is 2. The van der Waals surface area contributed by atoms with E-state index in [1.165, 1.54) is 6.42 Å². The van der Waals surface area contributed by atoms with Gasteiger partial charge < -0.3 is 15.3 Å². The molecule has 2 amide bonds. The molecule has 5 heteroatoms. The van der Waals surface area contributed by atoms with Crippen molar-refractivity contribution in [2.75, 3.05) is 0 Å². The van der Waals surface area contributed by atoms with Crippen LogP contribution in [0.1, 0.15) is 58.3 Å². The van der Waals surface area contributed by atoms with E-state index in [0.29, 0.717) is 12.3 Å². The first-order valence-corrected chi connectivity index (χ1v) is 7.83. The predicted molar refractivity (Wildman–Crippen MR) is 74.4 cm³/mol. The number of carboxylic acids is 1. The Hall–Kier alpha value is -1.26. The third-order valence-electron chi connectivity index (χ3n) is 5.30. The molecule has 1 heterocycles. The van der Waals surface area contributed by atoms with Crippen molar-refractivity contribution in [1.29, 1.82) is 0 Å². The van der Waals surface area contributed by atoms with Crippen molar-refractivity contribution in [2.45, 2.75) is 75.9 Å². The van der Waals surface area contributed by atoms with Crippen molar-refractivity contribution >= 4 is 12.0 Å². The number of fused-ring (bicyclic) bond motifs is 1. The molecule has 3 atom stereocenters. The Kier molecular flexibility index (Phi) is 3.38. The van der Waals surface area contributed by atoms with Gasteiger partial charge in [0.1, 0.15) is 6.04 Å². The van der Waals surface area contributed by atoms with E-state index in [1.54, 1.807) is 4.90 Å². The minimum Gasteiger partial charge on any atom is -0.480 e. The zero-order valence-corrected chi connectivity index (χ0v) is 12.1. The number of aliphatic carboxylic acids is 1. The van der Waals surface area contributed by atoms with Crippen molar-refractivity contribution < 1.29 is 14.7 Å². The Morgan fingerprint density at radius 2 is 1.85 bits per heavy atom. The molecule has 112 valence electrons. The molecule has 20 heavy (non-hydrogen) atoms. The van der Waals surface area contributed by atoms with Crippen LogP contribution in [0.5, 0.6) is 0 Å². The number of hydrogen-bond donors (Lipinski definition) is 2. The highest BCUT2D eigenvalue weighted by molar-refractivity contribution is 5.83. The number of amides is 2. The van der Waals surface area contributed by atoms with Crippen molar-refractivity contribution in [2.24, 2.45) is 5.92 Å². The highest BCUT2D eigenvalue weighted by Crippen LogP contribution is 2.39. The van der Waals surface area contributed by atoms with Gasteiger partial charge in [0.15, 0.2) is 0 Å². The lowest BCUT2D eigenvalue weighted by atomic mass is 9.76. The Labute approximate surface area is 119 Å². The van der Waals surface area contributed by atoms with Gasteiger partial charge in [0.05, 0.1) is 0 Å². The zero-order chi connectivity index (χ0) is 14.3. The molecule has 5 nitrogen and oxygen atoms in total. The topological polar surface area (TPSA) is 69.6 Å². The molecule has 1 saturated heterocycles. The Morgan fingerprint density at radius 1 is 1.15 bits per heavy atom. The summed E-state index contributed by atoms with van der Waals surface area (Å²) in [6.45, 7) is 2.03. The van der Waals surface area contributed by atoms with Gasteiger partial charge in [0.2, 0.25) is 0 Å². The van der Waals surface area contributed by atoms with Crippen LogP contribution in [-0.2, 0) is 4.79 Å². The highest BCUT2D eigenvalue weighted by atomic mass is 16.4. The van der Waals surface area contributed by atoms with Gasteiger partial charge in [-0.25, -0.2) is 9.59 Å². The van der Waals surface area contributed by atoms with Crippen molar-refractivity contribution in [1.82, 2.24) is 10.2 Å². The molecule has 0 aromatic heterocycles. The SMILES string of the molecule is CC1(NC(=O)N2C(C(=O)O)CCC3CCCCC32)CC1. The van der Waals surface area contributed by atoms with E-state index in [0.717, 1.165) is 38.5 Å². The molecule has 2 aliphatic carbocycles. The predicted octanol–water partition coefficient (Wildman–Crippen LogP) is 2.36. The Bertz CT molecular complexity index is 419. The molecule has 0 radical (unpaired) electrons. The van der Waals surface area contributed by atoms with E-state index in [2.05, 4.69) is 5.32 Å². The molecule has 0 aromatic rings. The second-order valence-corrected chi connectivity index (χ2v) is 6.94. The summed E-state index contributed by atoms with van der Waals surface area (Å²) in [6, 6.07) is -0.674. The monoisotopic (exact) mass is 280 g/mol. The fourth-order valence-corrected chi connectivity index (χ4v) is 3.80. The van der Waals surface area contributed by atoms with Crippen LogP contribution in [0.25, 0.3) is 0 Å². The van der Waals surface area contributed by atoms with Crippen LogP contribution in [-0.4, -0.2) is 39.6 Å². The maximum absolute atomic E-state index is 12.6. The molecule has 0 bridgehead atoms. The lowest BCUT2D eigenvalue weighted by Crippen LogP contribution is -2.61. The highest BCUT2D eigenvalue weighted by Gasteiger charge is 2.47. The fourth-order valence-electron chi connectivity index (χ4n) is 3.80. The number of piperidine rings is 1. The minimum atomic E-state index is -0.856. The van der Waals surface area contributed by atoms with Crippen LogP contribution in [0, 0.1) is 5.92 Å². The first-order chi connectivity index (χ1) is 9.50. The van der Waals surface area contributed by atoms with Crippen LogP contribution in [0.4, 0.5) is 4.79 Å². The molecule has 3 fully saturated rings. The van der Waals surface area contributed by atoms with Crippen molar-refractivity contribution in [3.05, 3.63) is 0 Å². The van der Waals surface area contributed by atoms with E-state index in [4.69, 9.17) is 0 Å². The standard InChI is InChI=1S/C15H24N2O3/c1-15(8-9-15)16-14(20)17-11-5-3-2-4-10(11)6-7-12(17)13(18)19/h10-12H,2-9H2,1H3,(H,16,20)(H,18,19). The number of rotatable bonds is 2. The van der Waals surface area contributed by atoms with Crippen molar-refractivity contribution in [3.8, 4) is 0 Å². The van der Waals surface area contributed by atoms with Crippen LogP contribution < -0.4 is 5.32 Å². The van der Waals surface area contributed by atoms with Gasteiger partial charge in [-0.05, 0) is 51.4 Å². The van der Waals surface area contributed by atoms with E-state index >= 15 is 0 Å². The summed E-state index contributed by atoms with van der Waals surface area (Å²) in [5.74, 6) is -0.359. The quantitative estimate of drug-likeness (QED) is 0.815. The van der Waals surface area contributed by atoms with Gasteiger partial charge in [-0.15, -0.1) is 0 Å². The third kappa shape index (κ3) is 2.50. The van der Waals surface area contributed by atoms with Gasteiger partial charge in [-0.1, -0.05) is 12.8 Å². The number of hydrogen-bond acceptors (Lipinski definition) is 2. The maximum atomic E-state index is 12.6. The molecule has 3 aliphatic rings. The second-order valence-electron chi connectivity index (χ2n) is 6.94. The second kappa shape index (κ2) is 4.93. The largest absolute Gasteiger partial charge is 0.480 e. The molecule has 3 rings (SSSR count). The first kappa shape index (κ1) is 13.7. The summed E-state index contributed by atoms with van der Waals surface area (Å²) in [5, 5.41) is 12.5. The summed E-state index contributed by atoms with van der Waals surface area (Å²) >= 11 is 0. The van der Waals surface area contributed by atoms with Gasteiger partial charge in [-0.2, -0.15) is 0 Å². The molecule has 2 saturated carbocycles. The number of carbonyl (C=O) groups excluding carboxylic acids is 1. The number of nitrogens with zero attached hydrogens (tertiary/aromatic N) is 1. The third-order valence-corrected chi connectivity index (χ3v) is 5.30. The molecule has 2 N–H and O–H groups in total. The lowest BCUT2D eigenvalue weighted by molar-refractivity contribution is -0.145. The average Bonchev–Trinajstić information content (AvgIpc) is 3.14. The summed E-state index contributed by atoms with van der Waals surface area (Å²) in [4.78, 5) is 25.7. The zero-order valence-electron chi connectivity index (χ0n) is 12.1. The Morgan fingerprint density at radius 3 is 2.50 bits per heavy atom. The molecular formula is C15H24N2O3. The minimum absolute atomic E-state index is 0.0955. The van der Waals surface area contributed by atoms with Crippen LogP contribution in [0.2, 0.25) is 0 Å². The van der Waals surface area contributed by atoms with Gasteiger partial charge >= 0.3 is 12.0 Å². The number of likely N-dealkylation sites (tertiary alicyclic amines) is 1. The first-order valence-electron chi connectivity index (χ1n) is 7.83. The summed E-state index contributed by atoms with van der Waals surface area (Å²) in [7, 11) is 0. The van der Waals surface area contributed by atoms with Crippen LogP contribution >= 0.6 is 0 Å². The van der Waals surface area contributed by atoms with E-state index in [-0.39, 0.29) is 17.6 Å². The number of nitrogens with one attached hydrogen (secondary N) is 1. The summed E-state index contributed by atoms with van der Waals surface area (Å²) < 4.78 is 0.